The summed E-state index contributed by atoms with van der Waals surface area (Å²) in [5, 5.41) is 0.753. The van der Waals surface area contributed by atoms with Crippen molar-refractivity contribution in [2.45, 2.75) is 140 Å². The Kier molecular flexibility index (Phi) is 15.7. The zero-order valence-electron chi connectivity index (χ0n) is 27.4. The average Bonchev–Trinajstić information content (AvgIpc) is 3.30. The van der Waals surface area contributed by atoms with Crippen LogP contribution in [0, 0.1) is 0 Å². The Bertz CT molecular complexity index is 1220. The van der Waals surface area contributed by atoms with Gasteiger partial charge in [-0.05, 0) is 58.5 Å². The van der Waals surface area contributed by atoms with E-state index in [-0.39, 0.29) is 0 Å². The number of benzene rings is 3. The second kappa shape index (κ2) is 19.7. The van der Waals surface area contributed by atoms with E-state index >= 15 is 0 Å². The summed E-state index contributed by atoms with van der Waals surface area (Å²) in [5.74, 6) is 0.951. The number of halogens is 2. The van der Waals surface area contributed by atoms with E-state index in [1.165, 1.54) is 150 Å². The third kappa shape index (κ3) is 10.4. The van der Waals surface area contributed by atoms with Gasteiger partial charge in [0, 0.05) is 5.02 Å². The van der Waals surface area contributed by atoms with Gasteiger partial charge in [0.25, 0.3) is 0 Å². The van der Waals surface area contributed by atoms with E-state index in [0.717, 1.165) is 23.8 Å². The monoisotopic (exact) mass is 678 g/mol. The summed E-state index contributed by atoms with van der Waals surface area (Å²) in [7, 11) is 0. The highest BCUT2D eigenvalue weighted by Crippen LogP contribution is 2.56. The van der Waals surface area contributed by atoms with Crippen LogP contribution in [0.2, 0.25) is 5.02 Å². The standard InChI is InChI=1S/C41H56BrClO/c1-2-3-4-5-6-7-8-9-10-11-12-13-14-15-16-17-18-19-20-23-32-44-36-30-31-38-37-24-21-22-25-39(37)41(42,40(38)33-36)34-26-28-35(43)29-27-34/h21-22,24-31,33H,2-20,23,32H2,1H3. The number of ether oxygens (including phenoxy) is 1. The number of fused-ring (bicyclic) bond motifs is 3. The van der Waals surface area contributed by atoms with E-state index < -0.39 is 4.32 Å². The lowest BCUT2D eigenvalue weighted by Crippen LogP contribution is -2.18. The molecule has 0 aliphatic heterocycles. The molecule has 1 aliphatic carbocycles. The van der Waals surface area contributed by atoms with E-state index in [2.05, 4.69) is 77.5 Å². The number of unbranched alkanes of at least 4 members (excludes halogenated alkanes) is 19. The van der Waals surface area contributed by atoms with Gasteiger partial charge in [-0.3, -0.25) is 0 Å². The molecule has 1 unspecified atom stereocenters. The second-order valence-electron chi connectivity index (χ2n) is 13.0. The minimum absolute atomic E-state index is 0.407. The minimum atomic E-state index is -0.407. The SMILES string of the molecule is CCCCCCCCCCCCCCCCCCCCCCOc1ccc2c(c1)C(Br)(c1ccc(Cl)cc1)c1ccccc1-2. The van der Waals surface area contributed by atoms with Gasteiger partial charge in [-0.25, -0.2) is 0 Å². The summed E-state index contributed by atoms with van der Waals surface area (Å²) in [6.07, 6.45) is 28.1. The molecular formula is C41H56BrClO. The first kappa shape index (κ1) is 35.1. The highest BCUT2D eigenvalue weighted by molar-refractivity contribution is 9.10. The summed E-state index contributed by atoms with van der Waals surface area (Å²) >= 11 is 10.4. The molecule has 0 heterocycles. The summed E-state index contributed by atoms with van der Waals surface area (Å²) < 4.78 is 5.87. The van der Waals surface area contributed by atoms with Crippen molar-refractivity contribution in [3.05, 3.63) is 88.4 Å². The third-order valence-electron chi connectivity index (χ3n) is 9.46. The van der Waals surface area contributed by atoms with E-state index in [1.807, 2.05) is 12.1 Å². The van der Waals surface area contributed by atoms with Crippen molar-refractivity contribution in [3.63, 3.8) is 0 Å². The normalized spacial score (nSPS) is 15.3. The fourth-order valence-electron chi connectivity index (χ4n) is 6.83. The van der Waals surface area contributed by atoms with Crippen molar-refractivity contribution in [2.75, 3.05) is 6.61 Å². The first-order valence-electron chi connectivity index (χ1n) is 18.0. The van der Waals surface area contributed by atoms with Crippen LogP contribution in [-0.4, -0.2) is 6.61 Å². The fourth-order valence-corrected chi connectivity index (χ4v) is 7.90. The van der Waals surface area contributed by atoms with Gasteiger partial charge in [-0.15, -0.1) is 0 Å². The Morgan fingerprint density at radius 2 is 1.02 bits per heavy atom. The van der Waals surface area contributed by atoms with Crippen LogP contribution in [0.15, 0.2) is 66.7 Å². The van der Waals surface area contributed by atoms with E-state index in [4.69, 9.17) is 16.3 Å². The molecule has 0 saturated heterocycles. The van der Waals surface area contributed by atoms with Gasteiger partial charge in [-0.2, -0.15) is 0 Å². The van der Waals surface area contributed by atoms with Crippen molar-refractivity contribution < 1.29 is 4.74 Å². The van der Waals surface area contributed by atoms with Crippen molar-refractivity contribution in [3.8, 4) is 16.9 Å². The minimum Gasteiger partial charge on any atom is -0.494 e. The van der Waals surface area contributed by atoms with Crippen LogP contribution in [0.4, 0.5) is 0 Å². The number of alkyl halides is 1. The van der Waals surface area contributed by atoms with Gasteiger partial charge < -0.3 is 4.74 Å². The maximum absolute atomic E-state index is 6.27. The van der Waals surface area contributed by atoms with Gasteiger partial charge in [0.1, 0.15) is 10.1 Å². The van der Waals surface area contributed by atoms with E-state index in [1.54, 1.807) is 0 Å². The van der Waals surface area contributed by atoms with Crippen molar-refractivity contribution in [1.82, 2.24) is 0 Å². The molecule has 3 aromatic rings. The van der Waals surface area contributed by atoms with Gasteiger partial charge >= 0.3 is 0 Å². The zero-order chi connectivity index (χ0) is 30.9. The van der Waals surface area contributed by atoms with E-state index in [0.29, 0.717) is 0 Å². The molecule has 0 spiro atoms. The lowest BCUT2D eigenvalue weighted by atomic mass is 9.89. The molecule has 0 bridgehead atoms. The molecule has 1 nitrogen and oxygen atoms in total. The molecule has 0 amide bonds. The Morgan fingerprint density at radius 3 is 1.57 bits per heavy atom. The van der Waals surface area contributed by atoms with Crippen molar-refractivity contribution in [1.29, 1.82) is 0 Å². The van der Waals surface area contributed by atoms with Crippen molar-refractivity contribution in [2.24, 2.45) is 0 Å². The Hall–Kier alpha value is -1.77. The molecule has 1 aliphatic rings. The molecule has 240 valence electrons. The highest BCUT2D eigenvalue weighted by Gasteiger charge is 2.42. The van der Waals surface area contributed by atoms with Crippen LogP contribution in [-0.2, 0) is 4.32 Å². The first-order chi connectivity index (χ1) is 21.6. The van der Waals surface area contributed by atoms with E-state index in [9.17, 15) is 0 Å². The summed E-state index contributed by atoms with van der Waals surface area (Å²) in [6.45, 7) is 3.08. The molecule has 0 fully saturated rings. The van der Waals surface area contributed by atoms with Gasteiger partial charge in [0.2, 0.25) is 0 Å². The Labute approximate surface area is 282 Å². The molecule has 0 radical (unpaired) electrons. The Balaban J connectivity index is 1.04. The largest absolute Gasteiger partial charge is 0.494 e. The second-order valence-corrected chi connectivity index (χ2v) is 14.6. The molecule has 4 rings (SSSR count). The third-order valence-corrected chi connectivity index (χ3v) is 11.0. The maximum Gasteiger partial charge on any atom is 0.119 e. The predicted molar refractivity (Wildman–Crippen MR) is 196 cm³/mol. The first-order valence-corrected chi connectivity index (χ1v) is 19.1. The van der Waals surface area contributed by atoms with Crippen LogP contribution < -0.4 is 4.74 Å². The molecule has 1 atom stereocenters. The molecule has 0 N–H and O–H groups in total. The van der Waals surface area contributed by atoms with Gasteiger partial charge in [0.15, 0.2) is 0 Å². The summed E-state index contributed by atoms with van der Waals surface area (Å²) in [4.78, 5) is 0. The van der Waals surface area contributed by atoms with Gasteiger partial charge in [0.05, 0.1) is 6.61 Å². The fraction of sp³-hybridized carbons (Fsp3) is 0.561. The Morgan fingerprint density at radius 1 is 0.545 bits per heavy atom. The maximum atomic E-state index is 6.27. The highest BCUT2D eigenvalue weighted by atomic mass is 79.9. The lowest BCUT2D eigenvalue weighted by Gasteiger charge is -2.26. The summed E-state index contributed by atoms with van der Waals surface area (Å²) in [6, 6.07) is 23.4. The van der Waals surface area contributed by atoms with Crippen LogP contribution in [0.25, 0.3) is 11.1 Å². The molecule has 44 heavy (non-hydrogen) atoms. The average molecular weight is 680 g/mol. The molecule has 3 heteroatoms. The number of hydrogen-bond donors (Lipinski definition) is 0. The van der Waals surface area contributed by atoms with Crippen LogP contribution in [0.1, 0.15) is 152 Å². The smallest absolute Gasteiger partial charge is 0.119 e. The predicted octanol–water partition coefficient (Wildman–Crippen LogP) is 14.2. The quantitative estimate of drug-likeness (QED) is 0.0716. The zero-order valence-corrected chi connectivity index (χ0v) is 29.7. The topological polar surface area (TPSA) is 9.23 Å². The van der Waals surface area contributed by atoms with Crippen molar-refractivity contribution >= 4 is 27.5 Å². The van der Waals surface area contributed by atoms with Crippen LogP contribution in [0.5, 0.6) is 5.75 Å². The molecule has 3 aromatic carbocycles. The molecular weight excluding hydrogens is 624 g/mol. The van der Waals surface area contributed by atoms with Crippen LogP contribution in [0.3, 0.4) is 0 Å². The number of hydrogen-bond acceptors (Lipinski definition) is 1. The van der Waals surface area contributed by atoms with Gasteiger partial charge in [-0.1, -0.05) is 199 Å². The molecule has 0 saturated carbocycles. The molecule has 0 aromatic heterocycles. The number of rotatable bonds is 23. The van der Waals surface area contributed by atoms with Crippen LogP contribution >= 0.6 is 27.5 Å². The summed E-state index contributed by atoms with van der Waals surface area (Å²) in [5.41, 5.74) is 6.22. The lowest BCUT2D eigenvalue weighted by molar-refractivity contribution is 0.304.